The summed E-state index contributed by atoms with van der Waals surface area (Å²) in [6, 6.07) is 4.53. The molecule has 0 atom stereocenters. The highest BCUT2D eigenvalue weighted by Crippen LogP contribution is 2.23. The summed E-state index contributed by atoms with van der Waals surface area (Å²) in [5.41, 5.74) is 0. The average Bonchev–Trinajstić information content (AvgIpc) is 3.38. The molecule has 8 heteroatoms. The number of amides is 1. The SMILES string of the molecule is CCNC(=NCCCC(=O)NC1CC1)N1CCN(Cc2ccc(Cl)s2)CC1. The minimum absolute atomic E-state index is 0.167. The number of rotatable bonds is 8. The number of piperazine rings is 1. The van der Waals surface area contributed by atoms with E-state index in [0.717, 1.165) is 68.8 Å². The summed E-state index contributed by atoms with van der Waals surface area (Å²) in [5, 5.41) is 6.42. The molecule has 0 radical (unpaired) electrons. The van der Waals surface area contributed by atoms with Crippen LogP contribution in [0.3, 0.4) is 0 Å². The van der Waals surface area contributed by atoms with Gasteiger partial charge in [-0.3, -0.25) is 14.7 Å². The number of carbonyl (C=O) groups is 1. The van der Waals surface area contributed by atoms with Crippen molar-refractivity contribution >= 4 is 34.8 Å². The molecule has 2 N–H and O–H groups in total. The van der Waals surface area contributed by atoms with Crippen LogP contribution in [-0.2, 0) is 11.3 Å². The molecule has 1 aromatic rings. The Balaban J connectivity index is 1.40. The first-order valence-electron chi connectivity index (χ1n) is 9.93. The van der Waals surface area contributed by atoms with Crippen LogP contribution in [0.15, 0.2) is 17.1 Å². The zero-order valence-corrected chi connectivity index (χ0v) is 17.6. The Hall–Kier alpha value is -1.31. The van der Waals surface area contributed by atoms with Crippen LogP contribution >= 0.6 is 22.9 Å². The second kappa shape index (κ2) is 10.3. The van der Waals surface area contributed by atoms with E-state index in [1.165, 1.54) is 4.88 Å². The van der Waals surface area contributed by atoms with Crippen LogP contribution in [-0.4, -0.2) is 67.0 Å². The number of hydrogen-bond donors (Lipinski definition) is 2. The highest BCUT2D eigenvalue weighted by molar-refractivity contribution is 7.16. The largest absolute Gasteiger partial charge is 0.357 e. The summed E-state index contributed by atoms with van der Waals surface area (Å²) >= 11 is 7.69. The molecule has 6 nitrogen and oxygen atoms in total. The zero-order valence-electron chi connectivity index (χ0n) is 16.0. The van der Waals surface area contributed by atoms with Gasteiger partial charge in [0.2, 0.25) is 5.91 Å². The predicted molar refractivity (Wildman–Crippen MR) is 113 cm³/mol. The van der Waals surface area contributed by atoms with Crippen LogP contribution in [0.5, 0.6) is 0 Å². The standard InChI is InChI=1S/C19H30ClN5OS/c1-2-21-19(22-9-3-4-18(26)23-15-5-6-15)25-12-10-24(11-13-25)14-16-7-8-17(20)27-16/h7-8,15H,2-6,9-14H2,1H3,(H,21,22)(H,23,26). The van der Waals surface area contributed by atoms with Crippen molar-refractivity contribution in [3.8, 4) is 0 Å². The molecule has 1 amide bonds. The van der Waals surface area contributed by atoms with E-state index in [-0.39, 0.29) is 5.91 Å². The second-order valence-corrected chi connectivity index (χ2v) is 8.95. The number of hydrogen-bond acceptors (Lipinski definition) is 4. The van der Waals surface area contributed by atoms with Crippen molar-refractivity contribution in [2.75, 3.05) is 39.3 Å². The fourth-order valence-corrected chi connectivity index (χ4v) is 4.28. The van der Waals surface area contributed by atoms with Crippen LogP contribution in [0.25, 0.3) is 0 Å². The summed E-state index contributed by atoms with van der Waals surface area (Å²) in [7, 11) is 0. The Labute approximate surface area is 171 Å². The fraction of sp³-hybridized carbons (Fsp3) is 0.684. The van der Waals surface area contributed by atoms with Gasteiger partial charge in [0.15, 0.2) is 5.96 Å². The lowest BCUT2D eigenvalue weighted by atomic mass is 10.3. The molecule has 3 rings (SSSR count). The fourth-order valence-electron chi connectivity index (χ4n) is 3.15. The molecule has 0 unspecified atom stereocenters. The molecule has 1 aliphatic heterocycles. The van der Waals surface area contributed by atoms with Gasteiger partial charge in [0.25, 0.3) is 0 Å². The van der Waals surface area contributed by atoms with Crippen molar-refractivity contribution in [1.29, 1.82) is 0 Å². The van der Waals surface area contributed by atoms with Gasteiger partial charge in [0.05, 0.1) is 4.34 Å². The van der Waals surface area contributed by atoms with Gasteiger partial charge in [-0.2, -0.15) is 0 Å². The van der Waals surface area contributed by atoms with Gasteiger partial charge < -0.3 is 15.5 Å². The summed E-state index contributed by atoms with van der Waals surface area (Å²) in [6.45, 7) is 8.57. The van der Waals surface area contributed by atoms with Gasteiger partial charge in [-0.05, 0) is 38.3 Å². The van der Waals surface area contributed by atoms with E-state index in [0.29, 0.717) is 19.0 Å². The third kappa shape index (κ3) is 6.97. The molecule has 0 aromatic carbocycles. The number of nitrogens with zero attached hydrogens (tertiary/aromatic N) is 3. The Morgan fingerprint density at radius 1 is 1.30 bits per heavy atom. The van der Waals surface area contributed by atoms with Gasteiger partial charge in [-0.25, -0.2) is 0 Å². The predicted octanol–water partition coefficient (Wildman–Crippen LogP) is 2.54. The number of guanidine groups is 1. The van der Waals surface area contributed by atoms with Gasteiger partial charge in [-0.1, -0.05) is 11.6 Å². The van der Waals surface area contributed by atoms with Crippen molar-refractivity contribution in [3.63, 3.8) is 0 Å². The first kappa shape index (κ1) is 20.4. The third-order valence-electron chi connectivity index (χ3n) is 4.78. The third-order valence-corrected chi connectivity index (χ3v) is 6.00. The summed E-state index contributed by atoms with van der Waals surface area (Å²) in [4.78, 5) is 22.6. The molecule has 27 heavy (non-hydrogen) atoms. The molecule has 150 valence electrons. The molecule has 0 bridgehead atoms. The summed E-state index contributed by atoms with van der Waals surface area (Å²) in [5.74, 6) is 1.14. The number of aliphatic imine (C=N–C) groups is 1. The van der Waals surface area contributed by atoms with Gasteiger partial charge in [0, 0.05) is 63.2 Å². The molecular formula is C19H30ClN5OS. The lowest BCUT2D eigenvalue weighted by Gasteiger charge is -2.36. The van der Waals surface area contributed by atoms with Crippen molar-refractivity contribution in [2.24, 2.45) is 4.99 Å². The molecule has 0 spiro atoms. The van der Waals surface area contributed by atoms with Crippen molar-refractivity contribution in [2.45, 2.75) is 45.2 Å². The quantitative estimate of drug-likeness (QED) is 0.392. The minimum Gasteiger partial charge on any atom is -0.357 e. The van der Waals surface area contributed by atoms with Crippen LogP contribution in [0.1, 0.15) is 37.5 Å². The summed E-state index contributed by atoms with van der Waals surface area (Å²) in [6.07, 6.45) is 3.64. The van der Waals surface area contributed by atoms with Crippen LogP contribution in [0.2, 0.25) is 4.34 Å². The number of thiophene rings is 1. The Morgan fingerprint density at radius 3 is 2.70 bits per heavy atom. The Morgan fingerprint density at radius 2 is 2.07 bits per heavy atom. The van der Waals surface area contributed by atoms with Crippen LogP contribution in [0.4, 0.5) is 0 Å². The maximum absolute atomic E-state index is 11.8. The van der Waals surface area contributed by atoms with E-state index in [9.17, 15) is 4.79 Å². The normalized spacial score (nSPS) is 18.6. The molecular weight excluding hydrogens is 382 g/mol. The number of carbonyl (C=O) groups excluding carboxylic acids is 1. The number of nitrogens with one attached hydrogen (secondary N) is 2. The monoisotopic (exact) mass is 411 g/mol. The van der Waals surface area contributed by atoms with Crippen molar-refractivity contribution in [3.05, 3.63) is 21.3 Å². The highest BCUT2D eigenvalue weighted by Gasteiger charge is 2.23. The maximum Gasteiger partial charge on any atom is 0.220 e. The van der Waals surface area contributed by atoms with E-state index in [1.54, 1.807) is 11.3 Å². The highest BCUT2D eigenvalue weighted by atomic mass is 35.5. The van der Waals surface area contributed by atoms with Crippen molar-refractivity contribution < 1.29 is 4.79 Å². The van der Waals surface area contributed by atoms with E-state index in [2.05, 4.69) is 33.4 Å². The van der Waals surface area contributed by atoms with Crippen LogP contribution < -0.4 is 10.6 Å². The average molecular weight is 412 g/mol. The lowest BCUT2D eigenvalue weighted by Crippen LogP contribution is -2.52. The smallest absolute Gasteiger partial charge is 0.220 e. The topological polar surface area (TPSA) is 60.0 Å². The molecule has 2 fully saturated rings. The first-order valence-corrected chi connectivity index (χ1v) is 11.1. The van der Waals surface area contributed by atoms with Gasteiger partial charge in [-0.15, -0.1) is 11.3 Å². The maximum atomic E-state index is 11.8. The van der Waals surface area contributed by atoms with E-state index < -0.39 is 0 Å². The van der Waals surface area contributed by atoms with Gasteiger partial charge in [0.1, 0.15) is 0 Å². The van der Waals surface area contributed by atoms with E-state index in [4.69, 9.17) is 16.6 Å². The molecule has 2 heterocycles. The molecule has 1 saturated heterocycles. The summed E-state index contributed by atoms with van der Waals surface area (Å²) < 4.78 is 0.857. The molecule has 1 aromatic heterocycles. The van der Waals surface area contributed by atoms with Crippen LogP contribution in [0, 0.1) is 0 Å². The van der Waals surface area contributed by atoms with Gasteiger partial charge >= 0.3 is 0 Å². The Kier molecular flexibility index (Phi) is 7.79. The van der Waals surface area contributed by atoms with Crippen molar-refractivity contribution in [1.82, 2.24) is 20.4 Å². The first-order chi connectivity index (χ1) is 13.1. The molecule has 1 saturated carbocycles. The number of halogens is 1. The molecule has 1 aliphatic carbocycles. The van der Waals surface area contributed by atoms with E-state index >= 15 is 0 Å². The Bertz CT molecular complexity index is 638. The lowest BCUT2D eigenvalue weighted by molar-refractivity contribution is -0.121. The molecule has 2 aliphatic rings. The van der Waals surface area contributed by atoms with E-state index in [1.807, 2.05) is 6.07 Å². The second-order valence-electron chi connectivity index (χ2n) is 7.15. The zero-order chi connectivity index (χ0) is 19.1. The minimum atomic E-state index is 0.167.